The predicted molar refractivity (Wildman–Crippen MR) is 97.5 cm³/mol. The van der Waals surface area contributed by atoms with Gasteiger partial charge in [-0.15, -0.1) is 16.9 Å². The van der Waals surface area contributed by atoms with Gasteiger partial charge in [0.2, 0.25) is 5.91 Å². The molecule has 0 atom stereocenters. The normalized spacial score (nSPS) is 14.8. The standard InChI is InChI=1S/C18H22N4OS/c1-14-3-8-17(20-19-14)21-9-11-22(12-10-21)18(23)13-15-4-6-16(24-2)7-5-15/h3-8H,9-13H2,1-2H3. The molecule has 0 bridgehead atoms. The summed E-state index contributed by atoms with van der Waals surface area (Å²) < 4.78 is 0. The predicted octanol–water partition coefficient (Wildman–Crippen LogP) is 2.40. The average molecular weight is 342 g/mol. The monoisotopic (exact) mass is 342 g/mol. The second-order valence-corrected chi connectivity index (χ2v) is 6.81. The molecule has 0 N–H and O–H groups in total. The van der Waals surface area contributed by atoms with Crippen molar-refractivity contribution in [1.82, 2.24) is 15.1 Å². The molecule has 24 heavy (non-hydrogen) atoms. The van der Waals surface area contributed by atoms with Crippen LogP contribution in [0.15, 0.2) is 41.3 Å². The minimum Gasteiger partial charge on any atom is -0.352 e. The number of carbonyl (C=O) groups excluding carboxylic acids is 1. The summed E-state index contributed by atoms with van der Waals surface area (Å²) >= 11 is 1.71. The number of hydrogen-bond donors (Lipinski definition) is 0. The molecule has 6 heteroatoms. The number of rotatable bonds is 4. The van der Waals surface area contributed by atoms with Gasteiger partial charge in [-0.2, -0.15) is 5.10 Å². The van der Waals surface area contributed by atoms with Gasteiger partial charge in [-0.25, -0.2) is 0 Å². The van der Waals surface area contributed by atoms with Crippen molar-refractivity contribution < 1.29 is 4.79 Å². The van der Waals surface area contributed by atoms with Gasteiger partial charge in [-0.05, 0) is 43.0 Å². The molecule has 1 aromatic carbocycles. The molecule has 1 fully saturated rings. The van der Waals surface area contributed by atoms with Crippen LogP contribution in [0.4, 0.5) is 5.82 Å². The van der Waals surface area contributed by atoms with Gasteiger partial charge in [0.25, 0.3) is 0 Å². The number of carbonyl (C=O) groups is 1. The van der Waals surface area contributed by atoms with Crippen molar-refractivity contribution in [3.63, 3.8) is 0 Å². The van der Waals surface area contributed by atoms with E-state index in [0.29, 0.717) is 6.42 Å². The molecule has 1 aliphatic rings. The lowest BCUT2D eigenvalue weighted by Gasteiger charge is -2.35. The van der Waals surface area contributed by atoms with Crippen LogP contribution in [0, 0.1) is 6.92 Å². The molecule has 0 spiro atoms. The zero-order valence-corrected chi connectivity index (χ0v) is 14.9. The van der Waals surface area contributed by atoms with Crippen LogP contribution >= 0.6 is 11.8 Å². The Morgan fingerprint density at radius 3 is 2.33 bits per heavy atom. The molecule has 1 aliphatic heterocycles. The van der Waals surface area contributed by atoms with Crippen LogP contribution in [-0.4, -0.2) is 53.4 Å². The number of piperazine rings is 1. The Labute approximate surface area is 147 Å². The molecule has 0 aliphatic carbocycles. The van der Waals surface area contributed by atoms with Gasteiger partial charge in [0.05, 0.1) is 12.1 Å². The smallest absolute Gasteiger partial charge is 0.227 e. The third-order valence-electron chi connectivity index (χ3n) is 4.25. The first-order valence-corrected chi connectivity index (χ1v) is 9.34. The molecule has 2 heterocycles. The van der Waals surface area contributed by atoms with E-state index in [1.54, 1.807) is 11.8 Å². The summed E-state index contributed by atoms with van der Waals surface area (Å²) in [4.78, 5) is 17.8. The molecule has 0 saturated carbocycles. The summed E-state index contributed by atoms with van der Waals surface area (Å²) in [6, 6.07) is 12.2. The fourth-order valence-electron chi connectivity index (χ4n) is 2.78. The number of nitrogens with zero attached hydrogens (tertiary/aromatic N) is 4. The Balaban J connectivity index is 1.53. The van der Waals surface area contributed by atoms with Gasteiger partial charge >= 0.3 is 0 Å². The molecule has 126 valence electrons. The van der Waals surface area contributed by atoms with Gasteiger partial charge in [0.15, 0.2) is 5.82 Å². The van der Waals surface area contributed by atoms with Crippen molar-refractivity contribution in [3.8, 4) is 0 Å². The van der Waals surface area contributed by atoms with Crippen molar-refractivity contribution >= 4 is 23.5 Å². The van der Waals surface area contributed by atoms with E-state index in [9.17, 15) is 4.79 Å². The number of aromatic nitrogens is 2. The third kappa shape index (κ3) is 4.06. The maximum atomic E-state index is 12.5. The first kappa shape index (κ1) is 16.8. The highest BCUT2D eigenvalue weighted by Crippen LogP contribution is 2.17. The molecule has 1 saturated heterocycles. The highest BCUT2D eigenvalue weighted by Gasteiger charge is 2.22. The van der Waals surface area contributed by atoms with Gasteiger partial charge in [-0.1, -0.05) is 12.1 Å². The number of thioether (sulfide) groups is 1. The van der Waals surface area contributed by atoms with Gasteiger partial charge in [0, 0.05) is 31.1 Å². The Kier molecular flexibility index (Phi) is 5.35. The molecule has 5 nitrogen and oxygen atoms in total. The van der Waals surface area contributed by atoms with E-state index < -0.39 is 0 Å². The highest BCUT2D eigenvalue weighted by molar-refractivity contribution is 7.98. The lowest BCUT2D eigenvalue weighted by Crippen LogP contribution is -2.49. The quantitative estimate of drug-likeness (QED) is 0.799. The molecule has 2 aromatic rings. The third-order valence-corrected chi connectivity index (χ3v) is 5.00. The fraction of sp³-hybridized carbons (Fsp3) is 0.389. The number of amides is 1. The molecule has 3 rings (SSSR count). The van der Waals surface area contributed by atoms with E-state index >= 15 is 0 Å². The minimum atomic E-state index is 0.196. The first-order chi connectivity index (χ1) is 11.7. The topological polar surface area (TPSA) is 49.3 Å². The zero-order chi connectivity index (χ0) is 16.9. The Morgan fingerprint density at radius 1 is 1.04 bits per heavy atom. The Morgan fingerprint density at radius 2 is 1.75 bits per heavy atom. The average Bonchev–Trinajstić information content (AvgIpc) is 2.63. The van der Waals surface area contributed by atoms with E-state index in [4.69, 9.17) is 0 Å². The summed E-state index contributed by atoms with van der Waals surface area (Å²) in [5, 5.41) is 8.33. The summed E-state index contributed by atoms with van der Waals surface area (Å²) in [7, 11) is 0. The summed E-state index contributed by atoms with van der Waals surface area (Å²) in [5.41, 5.74) is 1.99. The van der Waals surface area contributed by atoms with E-state index in [0.717, 1.165) is 43.3 Å². The minimum absolute atomic E-state index is 0.196. The van der Waals surface area contributed by atoms with Gasteiger partial charge < -0.3 is 9.80 Å². The molecule has 1 aromatic heterocycles. The van der Waals surface area contributed by atoms with Crippen LogP contribution in [0.2, 0.25) is 0 Å². The van der Waals surface area contributed by atoms with E-state index in [-0.39, 0.29) is 5.91 Å². The summed E-state index contributed by atoms with van der Waals surface area (Å²) in [6.45, 7) is 5.00. The fourth-order valence-corrected chi connectivity index (χ4v) is 3.18. The van der Waals surface area contributed by atoms with Crippen molar-refractivity contribution in [2.45, 2.75) is 18.2 Å². The van der Waals surface area contributed by atoms with E-state index in [1.807, 2.05) is 36.1 Å². The van der Waals surface area contributed by atoms with Crippen molar-refractivity contribution in [2.75, 3.05) is 37.3 Å². The van der Waals surface area contributed by atoms with Crippen molar-refractivity contribution in [2.24, 2.45) is 0 Å². The van der Waals surface area contributed by atoms with Crippen LogP contribution < -0.4 is 4.90 Å². The molecular formula is C18H22N4OS. The van der Waals surface area contributed by atoms with Crippen molar-refractivity contribution in [1.29, 1.82) is 0 Å². The molecule has 0 radical (unpaired) electrons. The highest BCUT2D eigenvalue weighted by atomic mass is 32.2. The molecular weight excluding hydrogens is 320 g/mol. The number of anilines is 1. The summed E-state index contributed by atoms with van der Waals surface area (Å²) in [5.74, 6) is 1.09. The van der Waals surface area contributed by atoms with Crippen LogP contribution in [-0.2, 0) is 11.2 Å². The SMILES string of the molecule is CSc1ccc(CC(=O)N2CCN(c3ccc(C)nn3)CC2)cc1. The van der Waals surface area contributed by atoms with Gasteiger partial charge in [0.1, 0.15) is 0 Å². The number of aryl methyl sites for hydroxylation is 1. The lowest BCUT2D eigenvalue weighted by molar-refractivity contribution is -0.130. The van der Waals surface area contributed by atoms with Crippen molar-refractivity contribution in [3.05, 3.63) is 47.7 Å². The molecule has 0 unspecified atom stereocenters. The first-order valence-electron chi connectivity index (χ1n) is 8.11. The van der Waals surface area contributed by atoms with Crippen LogP contribution in [0.3, 0.4) is 0 Å². The number of hydrogen-bond acceptors (Lipinski definition) is 5. The van der Waals surface area contributed by atoms with Crippen LogP contribution in [0.25, 0.3) is 0 Å². The summed E-state index contributed by atoms with van der Waals surface area (Å²) in [6.07, 6.45) is 2.52. The van der Waals surface area contributed by atoms with Gasteiger partial charge in [-0.3, -0.25) is 4.79 Å². The lowest BCUT2D eigenvalue weighted by atomic mass is 10.1. The van der Waals surface area contributed by atoms with Crippen LogP contribution in [0.1, 0.15) is 11.3 Å². The second-order valence-electron chi connectivity index (χ2n) is 5.93. The van der Waals surface area contributed by atoms with E-state index in [2.05, 4.69) is 33.5 Å². The largest absolute Gasteiger partial charge is 0.352 e. The van der Waals surface area contributed by atoms with E-state index in [1.165, 1.54) is 4.90 Å². The Bertz CT molecular complexity index is 679. The molecule has 1 amide bonds. The number of benzene rings is 1. The maximum absolute atomic E-state index is 12.5. The zero-order valence-electron chi connectivity index (χ0n) is 14.1. The maximum Gasteiger partial charge on any atom is 0.227 e. The van der Waals surface area contributed by atoms with Crippen LogP contribution in [0.5, 0.6) is 0 Å². The Hall–Kier alpha value is -2.08. The second kappa shape index (κ2) is 7.66.